The first-order valence-electron chi connectivity index (χ1n) is 6.32. The standard InChI is InChI=1S/C13H16N2O5/c1-20-10-3-2-6-14(8-10)12-5-4-9(15(18)19)7-11(12)13(16)17/h4-5,7,10H,2-3,6,8H2,1H3,(H,16,17). The summed E-state index contributed by atoms with van der Waals surface area (Å²) >= 11 is 0. The van der Waals surface area contributed by atoms with Crippen molar-refractivity contribution in [2.24, 2.45) is 0 Å². The van der Waals surface area contributed by atoms with Gasteiger partial charge in [0.1, 0.15) is 0 Å². The third kappa shape index (κ3) is 2.88. The van der Waals surface area contributed by atoms with Crippen LogP contribution >= 0.6 is 0 Å². The predicted molar refractivity (Wildman–Crippen MR) is 72.3 cm³/mol. The Morgan fingerprint density at radius 3 is 2.90 bits per heavy atom. The van der Waals surface area contributed by atoms with Gasteiger partial charge in [0.15, 0.2) is 0 Å². The zero-order valence-electron chi connectivity index (χ0n) is 11.1. The van der Waals surface area contributed by atoms with Crippen LogP contribution in [0.1, 0.15) is 23.2 Å². The topological polar surface area (TPSA) is 92.9 Å². The van der Waals surface area contributed by atoms with Gasteiger partial charge in [-0.2, -0.15) is 0 Å². The summed E-state index contributed by atoms with van der Waals surface area (Å²) in [5.41, 5.74) is 0.243. The molecule has 0 saturated carbocycles. The van der Waals surface area contributed by atoms with Gasteiger partial charge in [-0.3, -0.25) is 10.1 Å². The molecule has 1 aromatic carbocycles. The molecule has 20 heavy (non-hydrogen) atoms. The predicted octanol–water partition coefficient (Wildman–Crippen LogP) is 1.91. The van der Waals surface area contributed by atoms with Crippen molar-refractivity contribution >= 4 is 17.3 Å². The number of non-ortho nitro benzene ring substituents is 1. The summed E-state index contributed by atoms with van der Waals surface area (Å²) in [6, 6.07) is 3.94. The van der Waals surface area contributed by atoms with Gasteiger partial charge in [-0.25, -0.2) is 4.79 Å². The van der Waals surface area contributed by atoms with Gasteiger partial charge in [-0.05, 0) is 18.9 Å². The Morgan fingerprint density at radius 1 is 1.55 bits per heavy atom. The molecular weight excluding hydrogens is 264 g/mol. The van der Waals surface area contributed by atoms with E-state index in [1.165, 1.54) is 12.1 Å². The molecule has 1 heterocycles. The van der Waals surface area contributed by atoms with Crippen molar-refractivity contribution in [2.75, 3.05) is 25.1 Å². The number of ether oxygens (including phenoxy) is 1. The molecule has 0 aromatic heterocycles. The lowest BCUT2D eigenvalue weighted by Gasteiger charge is -2.34. The second-order valence-corrected chi connectivity index (χ2v) is 4.71. The molecule has 7 heteroatoms. The average molecular weight is 280 g/mol. The molecule has 2 rings (SSSR count). The molecule has 108 valence electrons. The van der Waals surface area contributed by atoms with E-state index in [4.69, 9.17) is 4.74 Å². The van der Waals surface area contributed by atoms with Crippen molar-refractivity contribution in [1.29, 1.82) is 0 Å². The van der Waals surface area contributed by atoms with Crippen LogP contribution in [0.3, 0.4) is 0 Å². The maximum Gasteiger partial charge on any atom is 0.338 e. The van der Waals surface area contributed by atoms with Gasteiger partial charge in [0, 0.05) is 32.3 Å². The number of methoxy groups -OCH3 is 1. The van der Waals surface area contributed by atoms with Crippen LogP contribution in [0, 0.1) is 10.1 Å². The zero-order chi connectivity index (χ0) is 14.7. The first-order chi connectivity index (χ1) is 9.52. The van der Waals surface area contributed by atoms with Gasteiger partial charge >= 0.3 is 5.97 Å². The number of rotatable bonds is 4. The first-order valence-corrected chi connectivity index (χ1v) is 6.32. The molecule has 1 aliphatic heterocycles. The number of piperidine rings is 1. The highest BCUT2D eigenvalue weighted by Gasteiger charge is 2.25. The average Bonchev–Trinajstić information content (AvgIpc) is 2.46. The highest BCUT2D eigenvalue weighted by atomic mass is 16.6. The summed E-state index contributed by atoms with van der Waals surface area (Å²) < 4.78 is 5.31. The van der Waals surface area contributed by atoms with Crippen LogP contribution in [0.4, 0.5) is 11.4 Å². The van der Waals surface area contributed by atoms with E-state index in [2.05, 4.69) is 0 Å². The molecular formula is C13H16N2O5. The minimum atomic E-state index is -1.16. The van der Waals surface area contributed by atoms with Crippen LogP contribution in [0.15, 0.2) is 18.2 Å². The fourth-order valence-electron chi connectivity index (χ4n) is 2.43. The number of carboxylic acid groups (broad SMARTS) is 1. The van der Waals surface area contributed by atoms with E-state index in [1.807, 2.05) is 4.90 Å². The highest BCUT2D eigenvalue weighted by Crippen LogP contribution is 2.28. The van der Waals surface area contributed by atoms with E-state index < -0.39 is 10.9 Å². The lowest BCUT2D eigenvalue weighted by molar-refractivity contribution is -0.384. The normalized spacial score (nSPS) is 18.9. The number of nitrogens with zero attached hydrogens (tertiary/aromatic N) is 2. The highest BCUT2D eigenvalue weighted by molar-refractivity contribution is 5.95. The molecule has 0 amide bonds. The van der Waals surface area contributed by atoms with Crippen LogP contribution in [0.5, 0.6) is 0 Å². The van der Waals surface area contributed by atoms with Crippen LogP contribution in [0.2, 0.25) is 0 Å². The number of hydrogen-bond acceptors (Lipinski definition) is 5. The number of carboxylic acids is 1. The Kier molecular flexibility index (Phi) is 4.19. The fraction of sp³-hybridized carbons (Fsp3) is 0.462. The van der Waals surface area contributed by atoms with Crippen molar-refractivity contribution in [2.45, 2.75) is 18.9 Å². The number of aromatic carboxylic acids is 1. The Balaban J connectivity index is 2.35. The summed E-state index contributed by atoms with van der Waals surface area (Å²) in [6.07, 6.45) is 1.89. The smallest absolute Gasteiger partial charge is 0.338 e. The molecule has 0 spiro atoms. The minimum absolute atomic E-state index is 0.0454. The first kappa shape index (κ1) is 14.3. The fourth-order valence-corrected chi connectivity index (χ4v) is 2.43. The molecule has 1 N–H and O–H groups in total. The number of nitro groups is 1. The summed E-state index contributed by atoms with van der Waals surface area (Å²) in [7, 11) is 1.63. The van der Waals surface area contributed by atoms with Gasteiger partial charge in [0.2, 0.25) is 0 Å². The second-order valence-electron chi connectivity index (χ2n) is 4.71. The Bertz CT molecular complexity index is 531. The molecule has 0 radical (unpaired) electrons. The van der Waals surface area contributed by atoms with E-state index in [9.17, 15) is 20.0 Å². The minimum Gasteiger partial charge on any atom is -0.478 e. The molecule has 1 unspecified atom stereocenters. The van der Waals surface area contributed by atoms with Crippen LogP contribution < -0.4 is 4.90 Å². The second kappa shape index (κ2) is 5.87. The Labute approximate surface area is 115 Å². The maximum atomic E-state index is 11.3. The van der Waals surface area contributed by atoms with Crippen molar-refractivity contribution < 1.29 is 19.6 Å². The monoisotopic (exact) mass is 280 g/mol. The molecule has 1 saturated heterocycles. The largest absolute Gasteiger partial charge is 0.478 e. The summed E-state index contributed by atoms with van der Waals surface area (Å²) in [4.78, 5) is 23.4. The molecule has 1 fully saturated rings. The zero-order valence-corrected chi connectivity index (χ0v) is 11.1. The summed E-state index contributed by atoms with van der Waals surface area (Å²) in [6.45, 7) is 1.31. The molecule has 0 bridgehead atoms. The van der Waals surface area contributed by atoms with Gasteiger partial charge in [0.25, 0.3) is 5.69 Å². The maximum absolute atomic E-state index is 11.3. The van der Waals surface area contributed by atoms with E-state index >= 15 is 0 Å². The molecule has 1 atom stereocenters. The van der Waals surface area contributed by atoms with Crippen molar-refractivity contribution in [3.63, 3.8) is 0 Å². The lowest BCUT2D eigenvalue weighted by Crippen LogP contribution is -2.39. The van der Waals surface area contributed by atoms with Gasteiger partial charge in [-0.1, -0.05) is 0 Å². The number of nitro benzene ring substituents is 1. The molecule has 7 nitrogen and oxygen atoms in total. The van der Waals surface area contributed by atoms with Crippen LogP contribution in [-0.2, 0) is 4.74 Å². The van der Waals surface area contributed by atoms with Gasteiger partial charge < -0.3 is 14.7 Å². The van der Waals surface area contributed by atoms with E-state index in [1.54, 1.807) is 7.11 Å². The number of hydrogen-bond donors (Lipinski definition) is 1. The molecule has 1 aromatic rings. The van der Waals surface area contributed by atoms with Crippen molar-refractivity contribution in [1.82, 2.24) is 0 Å². The van der Waals surface area contributed by atoms with Crippen molar-refractivity contribution in [3.8, 4) is 0 Å². The Morgan fingerprint density at radius 2 is 2.30 bits per heavy atom. The number of anilines is 1. The molecule has 1 aliphatic rings. The van der Waals surface area contributed by atoms with E-state index in [0.29, 0.717) is 12.2 Å². The quantitative estimate of drug-likeness (QED) is 0.669. The van der Waals surface area contributed by atoms with Gasteiger partial charge in [0.05, 0.1) is 22.3 Å². The molecule has 0 aliphatic carbocycles. The summed E-state index contributed by atoms with van der Waals surface area (Å²) in [5, 5.41) is 20.0. The van der Waals surface area contributed by atoms with Crippen molar-refractivity contribution in [3.05, 3.63) is 33.9 Å². The Hall–Kier alpha value is -2.15. The third-order valence-corrected chi connectivity index (χ3v) is 3.47. The SMILES string of the molecule is COC1CCCN(c2ccc([N+](=O)[O-])cc2C(=O)O)C1. The third-order valence-electron chi connectivity index (χ3n) is 3.47. The number of benzene rings is 1. The summed E-state index contributed by atoms with van der Waals surface area (Å²) in [5.74, 6) is -1.16. The van der Waals surface area contributed by atoms with Crippen LogP contribution in [-0.4, -0.2) is 42.3 Å². The number of carbonyl (C=O) groups is 1. The van der Waals surface area contributed by atoms with E-state index in [-0.39, 0.29) is 17.4 Å². The van der Waals surface area contributed by atoms with Crippen LogP contribution in [0.25, 0.3) is 0 Å². The van der Waals surface area contributed by atoms with E-state index in [0.717, 1.165) is 25.5 Å². The van der Waals surface area contributed by atoms with Gasteiger partial charge in [-0.15, -0.1) is 0 Å². The lowest BCUT2D eigenvalue weighted by atomic mass is 10.0.